The maximum atomic E-state index is 12.7. The highest BCUT2D eigenvalue weighted by Crippen LogP contribution is 2.22. The molecular formula is C26H30N4O5S. The van der Waals surface area contributed by atoms with Crippen LogP contribution in [0, 0.1) is 5.92 Å². The molecule has 3 aromatic rings. The number of carbonyl (C=O) groups excluding carboxylic acids is 2. The summed E-state index contributed by atoms with van der Waals surface area (Å²) >= 11 is 0. The van der Waals surface area contributed by atoms with Gasteiger partial charge in [-0.05, 0) is 43.5 Å². The van der Waals surface area contributed by atoms with E-state index in [4.69, 9.17) is 4.74 Å². The number of carbonyl (C=O) groups is 2. The number of fused-ring (bicyclic) bond motifs is 1. The number of esters is 1. The SMILES string of the molecule is CCS(=O)(=O)N1CCCC(C(=O)NN=Cc2cn(Cc3cccc(C(=O)OC)c3)c3ccccc23)C1. The minimum absolute atomic E-state index is 0.0243. The van der Waals surface area contributed by atoms with Crippen molar-refractivity contribution in [1.29, 1.82) is 0 Å². The van der Waals surface area contributed by atoms with Gasteiger partial charge in [0.1, 0.15) is 0 Å². The number of benzene rings is 2. The van der Waals surface area contributed by atoms with Gasteiger partial charge < -0.3 is 9.30 Å². The first-order valence-electron chi connectivity index (χ1n) is 11.9. The molecule has 0 bridgehead atoms. The lowest BCUT2D eigenvalue weighted by atomic mass is 9.99. The molecule has 0 aliphatic carbocycles. The fourth-order valence-corrected chi connectivity index (χ4v) is 5.65. The fraction of sp³-hybridized carbons (Fsp3) is 0.346. The van der Waals surface area contributed by atoms with E-state index < -0.39 is 15.9 Å². The lowest BCUT2D eigenvalue weighted by Gasteiger charge is -2.30. The summed E-state index contributed by atoms with van der Waals surface area (Å²) in [5, 5.41) is 5.15. The predicted octanol–water partition coefficient (Wildman–Crippen LogP) is 2.99. The molecule has 1 aliphatic rings. The molecule has 1 atom stereocenters. The molecule has 0 radical (unpaired) electrons. The minimum Gasteiger partial charge on any atom is -0.465 e. The van der Waals surface area contributed by atoms with Crippen molar-refractivity contribution in [2.24, 2.45) is 11.0 Å². The first-order chi connectivity index (χ1) is 17.3. The van der Waals surface area contributed by atoms with E-state index in [1.807, 2.05) is 42.6 Å². The summed E-state index contributed by atoms with van der Waals surface area (Å²) in [4.78, 5) is 24.6. The summed E-state index contributed by atoms with van der Waals surface area (Å²) in [6, 6.07) is 15.2. The lowest BCUT2D eigenvalue weighted by molar-refractivity contribution is -0.126. The standard InChI is InChI=1S/C26H30N4O5S/c1-3-36(33,34)30-13-7-10-21(18-30)25(31)28-27-15-22-17-29(24-12-5-4-11-23(22)24)16-19-8-6-9-20(14-19)26(32)35-2/h4-6,8-9,11-12,14-15,17,21H,3,7,10,13,16,18H2,1-2H3,(H,28,31). The molecule has 36 heavy (non-hydrogen) atoms. The summed E-state index contributed by atoms with van der Waals surface area (Å²) in [5.41, 5.74) is 5.84. The number of piperidine rings is 1. The van der Waals surface area contributed by atoms with Gasteiger partial charge in [0.05, 0.1) is 30.6 Å². The van der Waals surface area contributed by atoms with Crippen LogP contribution in [-0.4, -0.2) is 61.3 Å². The average molecular weight is 511 g/mol. The van der Waals surface area contributed by atoms with Crippen molar-refractivity contribution < 1.29 is 22.7 Å². The predicted molar refractivity (Wildman–Crippen MR) is 138 cm³/mol. The number of ether oxygens (including phenoxy) is 1. The number of aromatic nitrogens is 1. The maximum absolute atomic E-state index is 12.7. The van der Waals surface area contributed by atoms with Crippen LogP contribution in [0.2, 0.25) is 0 Å². The van der Waals surface area contributed by atoms with E-state index in [1.165, 1.54) is 11.4 Å². The molecule has 190 valence electrons. The molecule has 1 aliphatic heterocycles. The average Bonchev–Trinajstić information content (AvgIpc) is 3.25. The van der Waals surface area contributed by atoms with Gasteiger partial charge in [-0.15, -0.1) is 0 Å². The number of hydrogen-bond acceptors (Lipinski definition) is 6. The molecule has 9 nitrogen and oxygen atoms in total. The second-order valence-electron chi connectivity index (χ2n) is 8.75. The summed E-state index contributed by atoms with van der Waals surface area (Å²) < 4.78 is 32.6. The highest BCUT2D eigenvalue weighted by Gasteiger charge is 2.31. The van der Waals surface area contributed by atoms with E-state index in [0.29, 0.717) is 31.5 Å². The van der Waals surface area contributed by atoms with Crippen LogP contribution in [-0.2, 0) is 26.1 Å². The Hall–Kier alpha value is -3.50. The van der Waals surface area contributed by atoms with Crippen LogP contribution >= 0.6 is 0 Å². The Kier molecular flexibility index (Phi) is 7.85. The van der Waals surface area contributed by atoms with Crippen molar-refractivity contribution in [1.82, 2.24) is 14.3 Å². The van der Waals surface area contributed by atoms with Gasteiger partial charge in [0.25, 0.3) is 0 Å². The molecule has 0 spiro atoms. The van der Waals surface area contributed by atoms with Crippen LogP contribution in [0.4, 0.5) is 0 Å². The highest BCUT2D eigenvalue weighted by molar-refractivity contribution is 7.89. The summed E-state index contributed by atoms with van der Waals surface area (Å²) in [5.74, 6) is -1.08. The van der Waals surface area contributed by atoms with Crippen LogP contribution in [0.25, 0.3) is 10.9 Å². The van der Waals surface area contributed by atoms with E-state index in [1.54, 1.807) is 25.3 Å². The van der Waals surface area contributed by atoms with Crippen molar-refractivity contribution >= 4 is 39.0 Å². The van der Waals surface area contributed by atoms with Crippen LogP contribution < -0.4 is 5.43 Å². The molecule has 4 rings (SSSR count). The Labute approximate surface area is 210 Å². The third-order valence-corrected chi connectivity index (χ3v) is 8.26. The minimum atomic E-state index is -3.32. The van der Waals surface area contributed by atoms with Crippen LogP contribution in [0.1, 0.15) is 41.3 Å². The van der Waals surface area contributed by atoms with Crippen LogP contribution in [0.5, 0.6) is 0 Å². The van der Waals surface area contributed by atoms with Gasteiger partial charge in [0.15, 0.2) is 0 Å². The number of nitrogens with zero attached hydrogens (tertiary/aromatic N) is 3. The highest BCUT2D eigenvalue weighted by atomic mass is 32.2. The molecule has 2 heterocycles. The Morgan fingerprint density at radius 1 is 1.19 bits per heavy atom. The lowest BCUT2D eigenvalue weighted by Crippen LogP contribution is -2.45. The number of sulfonamides is 1. The second-order valence-corrected chi connectivity index (χ2v) is 11.0. The summed E-state index contributed by atoms with van der Waals surface area (Å²) in [6.45, 7) is 2.78. The van der Waals surface area contributed by atoms with Gasteiger partial charge >= 0.3 is 5.97 Å². The number of amides is 1. The van der Waals surface area contributed by atoms with Crippen molar-refractivity contribution in [2.45, 2.75) is 26.3 Å². The number of para-hydroxylation sites is 1. The molecule has 1 aromatic heterocycles. The second kappa shape index (κ2) is 11.0. The Bertz CT molecular complexity index is 1400. The molecule has 1 N–H and O–H groups in total. The van der Waals surface area contributed by atoms with Crippen molar-refractivity contribution in [3.05, 3.63) is 71.4 Å². The van der Waals surface area contributed by atoms with E-state index in [0.717, 1.165) is 22.0 Å². The Morgan fingerprint density at radius 2 is 2.00 bits per heavy atom. The monoisotopic (exact) mass is 510 g/mol. The molecule has 0 saturated carbocycles. The van der Waals surface area contributed by atoms with Crippen molar-refractivity contribution in [3.63, 3.8) is 0 Å². The van der Waals surface area contributed by atoms with Crippen LogP contribution in [0.3, 0.4) is 0 Å². The number of methoxy groups -OCH3 is 1. The zero-order chi connectivity index (χ0) is 25.7. The number of hydrogen-bond donors (Lipinski definition) is 1. The van der Waals surface area contributed by atoms with Crippen molar-refractivity contribution in [2.75, 3.05) is 26.0 Å². The molecule has 1 amide bonds. The zero-order valence-corrected chi connectivity index (χ0v) is 21.2. The first kappa shape index (κ1) is 25.6. The van der Waals surface area contributed by atoms with E-state index in [2.05, 4.69) is 15.1 Å². The van der Waals surface area contributed by atoms with Crippen LogP contribution in [0.15, 0.2) is 59.8 Å². The maximum Gasteiger partial charge on any atom is 0.337 e. The summed E-state index contributed by atoms with van der Waals surface area (Å²) in [7, 11) is -1.96. The Morgan fingerprint density at radius 3 is 2.78 bits per heavy atom. The van der Waals surface area contributed by atoms with Gasteiger partial charge in [-0.2, -0.15) is 5.10 Å². The molecule has 10 heteroatoms. The van der Waals surface area contributed by atoms with Gasteiger partial charge in [0.2, 0.25) is 15.9 Å². The van der Waals surface area contributed by atoms with E-state index in [9.17, 15) is 18.0 Å². The van der Waals surface area contributed by atoms with Gasteiger partial charge in [-0.1, -0.05) is 30.3 Å². The van der Waals surface area contributed by atoms with Gasteiger partial charge in [0, 0.05) is 42.3 Å². The third-order valence-electron chi connectivity index (χ3n) is 6.41. The number of nitrogens with one attached hydrogen (secondary N) is 1. The van der Waals surface area contributed by atoms with E-state index >= 15 is 0 Å². The van der Waals surface area contributed by atoms with E-state index in [-0.39, 0.29) is 24.2 Å². The normalized spacial score (nSPS) is 16.9. The Balaban J connectivity index is 1.49. The quantitative estimate of drug-likeness (QED) is 0.285. The molecule has 1 saturated heterocycles. The molecule has 2 aromatic carbocycles. The molecule has 1 unspecified atom stereocenters. The number of rotatable bonds is 8. The summed E-state index contributed by atoms with van der Waals surface area (Å²) in [6.07, 6.45) is 4.82. The first-order valence-corrected chi connectivity index (χ1v) is 13.5. The van der Waals surface area contributed by atoms with Gasteiger partial charge in [-0.3, -0.25) is 4.79 Å². The molecule has 1 fully saturated rings. The van der Waals surface area contributed by atoms with Crippen molar-refractivity contribution in [3.8, 4) is 0 Å². The smallest absolute Gasteiger partial charge is 0.337 e. The fourth-order valence-electron chi connectivity index (χ4n) is 4.47. The number of hydrazone groups is 1. The third kappa shape index (κ3) is 5.66. The topological polar surface area (TPSA) is 110 Å². The van der Waals surface area contributed by atoms with Gasteiger partial charge in [-0.25, -0.2) is 22.9 Å². The zero-order valence-electron chi connectivity index (χ0n) is 20.4. The molecular weight excluding hydrogens is 480 g/mol. The largest absolute Gasteiger partial charge is 0.465 e.